The van der Waals surface area contributed by atoms with E-state index in [0.717, 1.165) is 0 Å². The highest BCUT2D eigenvalue weighted by Crippen LogP contribution is 2.26. The van der Waals surface area contributed by atoms with Crippen molar-refractivity contribution in [1.82, 2.24) is 5.32 Å². The van der Waals surface area contributed by atoms with Crippen LogP contribution in [0.5, 0.6) is 0 Å². The largest absolute Gasteiger partial charge is 0.379 e. The van der Waals surface area contributed by atoms with E-state index in [9.17, 15) is 4.79 Å². The molecule has 0 rings (SSSR count). The molecule has 0 saturated carbocycles. The van der Waals surface area contributed by atoms with Crippen LogP contribution < -0.4 is 11.1 Å². The Labute approximate surface area is 147 Å². The van der Waals surface area contributed by atoms with Gasteiger partial charge in [-0.2, -0.15) is 12.6 Å². The molecule has 5 nitrogen and oxygen atoms in total. The highest BCUT2D eigenvalue weighted by molar-refractivity contribution is 7.82. The van der Waals surface area contributed by atoms with Gasteiger partial charge >= 0.3 is 0 Å². The zero-order valence-electron chi connectivity index (χ0n) is 15.8. The number of rotatable bonds is 11. The van der Waals surface area contributed by atoms with Gasteiger partial charge in [0.05, 0.1) is 19.3 Å². The van der Waals surface area contributed by atoms with Gasteiger partial charge in [0.15, 0.2) is 0 Å². The number of amides is 1. The second kappa shape index (κ2) is 9.87. The van der Waals surface area contributed by atoms with E-state index in [1.54, 1.807) is 20.8 Å². The zero-order chi connectivity index (χ0) is 18.3. The molecular formula is C17H36N2O3S. The fourth-order valence-electron chi connectivity index (χ4n) is 1.64. The summed E-state index contributed by atoms with van der Waals surface area (Å²) in [7, 11) is 0. The predicted octanol–water partition coefficient (Wildman–Crippen LogP) is 2.24. The van der Waals surface area contributed by atoms with Crippen molar-refractivity contribution in [3.05, 3.63) is 0 Å². The van der Waals surface area contributed by atoms with Crippen molar-refractivity contribution in [2.24, 2.45) is 17.6 Å². The fraction of sp³-hybridized carbons (Fsp3) is 0.941. The summed E-state index contributed by atoms with van der Waals surface area (Å²) in [6, 6.07) is -0.214. The van der Waals surface area contributed by atoms with Gasteiger partial charge in [-0.25, -0.2) is 0 Å². The Balaban J connectivity index is 4.68. The molecule has 0 aliphatic carbocycles. The summed E-state index contributed by atoms with van der Waals surface area (Å²) in [6.07, 6.45) is 0. The number of hydrogen-bond acceptors (Lipinski definition) is 5. The first-order valence-corrected chi connectivity index (χ1v) is 8.80. The third-order valence-corrected chi connectivity index (χ3v) is 4.35. The lowest BCUT2D eigenvalue weighted by Gasteiger charge is -2.37. The van der Waals surface area contributed by atoms with Gasteiger partial charge in [-0.3, -0.25) is 4.79 Å². The van der Waals surface area contributed by atoms with Crippen molar-refractivity contribution in [3.8, 4) is 0 Å². The van der Waals surface area contributed by atoms with Crippen molar-refractivity contribution < 1.29 is 14.3 Å². The summed E-state index contributed by atoms with van der Waals surface area (Å²) in [6.45, 7) is 15.8. The number of nitrogens with one attached hydrogen (secondary N) is 1. The maximum Gasteiger partial charge on any atom is 0.237 e. The molecule has 0 aliphatic rings. The van der Waals surface area contributed by atoms with Gasteiger partial charge in [0.2, 0.25) is 5.91 Å². The van der Waals surface area contributed by atoms with Crippen LogP contribution in [-0.2, 0) is 14.3 Å². The summed E-state index contributed by atoms with van der Waals surface area (Å²) in [4.78, 5) is 12.5. The van der Waals surface area contributed by atoms with Crippen LogP contribution in [0.25, 0.3) is 0 Å². The summed E-state index contributed by atoms with van der Waals surface area (Å²) in [5.41, 5.74) is 5.32. The SMILES string of the molecule is CC(C)COCC(COCC(C)C)NC(=O)C(C)(S)C(C)(C)N. The predicted molar refractivity (Wildman–Crippen MR) is 98.9 cm³/mol. The Kier molecular flexibility index (Phi) is 9.74. The quantitative estimate of drug-likeness (QED) is 0.501. The lowest BCUT2D eigenvalue weighted by molar-refractivity contribution is -0.126. The molecule has 3 N–H and O–H groups in total. The molecule has 1 unspecified atom stereocenters. The van der Waals surface area contributed by atoms with Crippen LogP contribution >= 0.6 is 12.6 Å². The van der Waals surface area contributed by atoms with Crippen LogP contribution in [0.3, 0.4) is 0 Å². The number of carbonyl (C=O) groups is 1. The number of ether oxygens (including phenoxy) is 2. The second-order valence-corrected chi connectivity index (χ2v) is 8.72. The van der Waals surface area contributed by atoms with E-state index >= 15 is 0 Å². The molecule has 0 bridgehead atoms. The molecule has 138 valence electrons. The van der Waals surface area contributed by atoms with Crippen molar-refractivity contribution in [2.75, 3.05) is 26.4 Å². The topological polar surface area (TPSA) is 73.6 Å². The van der Waals surface area contributed by atoms with E-state index < -0.39 is 10.3 Å². The fourth-order valence-corrected chi connectivity index (χ4v) is 1.71. The van der Waals surface area contributed by atoms with Gasteiger partial charge in [0.25, 0.3) is 0 Å². The molecule has 0 aromatic rings. The average molecular weight is 349 g/mol. The zero-order valence-corrected chi connectivity index (χ0v) is 16.7. The van der Waals surface area contributed by atoms with Crippen LogP contribution in [0.1, 0.15) is 48.5 Å². The van der Waals surface area contributed by atoms with Crippen LogP contribution in [0.4, 0.5) is 0 Å². The van der Waals surface area contributed by atoms with Crippen LogP contribution in [0, 0.1) is 11.8 Å². The molecule has 0 spiro atoms. The lowest BCUT2D eigenvalue weighted by Crippen LogP contribution is -2.61. The molecule has 0 saturated heterocycles. The van der Waals surface area contributed by atoms with E-state index in [1.807, 2.05) is 0 Å². The maximum absolute atomic E-state index is 12.5. The first kappa shape index (κ1) is 22.7. The molecule has 6 heteroatoms. The Hall–Kier alpha value is -0.300. The molecular weight excluding hydrogens is 312 g/mol. The normalized spacial score (nSPS) is 15.3. The third kappa shape index (κ3) is 8.94. The van der Waals surface area contributed by atoms with Gasteiger partial charge in [-0.15, -0.1) is 0 Å². The van der Waals surface area contributed by atoms with Crippen molar-refractivity contribution in [2.45, 2.75) is 64.8 Å². The summed E-state index contributed by atoms with van der Waals surface area (Å²) in [5, 5.41) is 2.97. The molecule has 0 aromatic heterocycles. The molecule has 0 aromatic carbocycles. The minimum atomic E-state index is -0.985. The van der Waals surface area contributed by atoms with Crippen LogP contribution in [-0.4, -0.2) is 48.7 Å². The van der Waals surface area contributed by atoms with E-state index in [1.165, 1.54) is 0 Å². The Morgan fingerprint density at radius 3 is 1.70 bits per heavy atom. The van der Waals surface area contributed by atoms with E-state index in [4.69, 9.17) is 15.2 Å². The second-order valence-electron chi connectivity index (χ2n) is 7.83. The standard InChI is InChI=1S/C17H36N2O3S/c1-12(2)8-21-10-14(11-22-9-13(3)4)19-15(20)17(7,23)16(5,6)18/h12-14,23H,8-11,18H2,1-7H3,(H,19,20). The first-order chi connectivity index (χ1) is 10.4. The summed E-state index contributed by atoms with van der Waals surface area (Å²) >= 11 is 4.47. The molecule has 23 heavy (non-hydrogen) atoms. The number of thiol groups is 1. The molecule has 0 aliphatic heterocycles. The van der Waals surface area contributed by atoms with Crippen molar-refractivity contribution in [3.63, 3.8) is 0 Å². The highest BCUT2D eigenvalue weighted by atomic mass is 32.1. The Bertz CT molecular complexity index is 338. The number of carbonyl (C=O) groups excluding carboxylic acids is 1. The van der Waals surface area contributed by atoms with E-state index in [0.29, 0.717) is 38.3 Å². The molecule has 0 radical (unpaired) electrons. The molecule has 0 heterocycles. The van der Waals surface area contributed by atoms with E-state index in [2.05, 4.69) is 45.6 Å². The minimum Gasteiger partial charge on any atom is -0.379 e. The monoisotopic (exact) mass is 348 g/mol. The highest BCUT2D eigenvalue weighted by Gasteiger charge is 2.42. The Morgan fingerprint density at radius 2 is 1.39 bits per heavy atom. The minimum absolute atomic E-state index is 0.209. The Morgan fingerprint density at radius 1 is 1.00 bits per heavy atom. The third-order valence-electron chi connectivity index (χ3n) is 3.57. The van der Waals surface area contributed by atoms with Gasteiger partial charge < -0.3 is 20.5 Å². The van der Waals surface area contributed by atoms with Crippen molar-refractivity contribution in [1.29, 1.82) is 0 Å². The first-order valence-electron chi connectivity index (χ1n) is 8.35. The number of hydrogen-bond donors (Lipinski definition) is 3. The van der Waals surface area contributed by atoms with Gasteiger partial charge in [0.1, 0.15) is 4.75 Å². The van der Waals surface area contributed by atoms with Crippen LogP contribution in [0.15, 0.2) is 0 Å². The number of nitrogens with two attached hydrogens (primary N) is 1. The molecule has 1 amide bonds. The summed E-state index contributed by atoms with van der Waals surface area (Å²) < 4.78 is 10.3. The van der Waals surface area contributed by atoms with Gasteiger partial charge in [0, 0.05) is 18.8 Å². The smallest absolute Gasteiger partial charge is 0.237 e. The lowest BCUT2D eigenvalue weighted by atomic mass is 9.88. The van der Waals surface area contributed by atoms with E-state index in [-0.39, 0.29) is 11.9 Å². The average Bonchev–Trinajstić information content (AvgIpc) is 2.35. The van der Waals surface area contributed by atoms with Crippen molar-refractivity contribution >= 4 is 18.5 Å². The maximum atomic E-state index is 12.5. The molecule has 1 atom stereocenters. The van der Waals surface area contributed by atoms with Crippen LogP contribution in [0.2, 0.25) is 0 Å². The van der Waals surface area contributed by atoms with Gasteiger partial charge in [-0.1, -0.05) is 27.7 Å². The molecule has 0 fully saturated rings. The van der Waals surface area contributed by atoms with Gasteiger partial charge in [-0.05, 0) is 32.6 Å². The summed E-state index contributed by atoms with van der Waals surface area (Å²) in [5.74, 6) is 0.682.